The highest BCUT2D eigenvalue weighted by molar-refractivity contribution is 7.11. The Morgan fingerprint density at radius 1 is 1.00 bits per heavy atom. The van der Waals surface area contributed by atoms with Crippen LogP contribution in [0.2, 0.25) is 0 Å². The van der Waals surface area contributed by atoms with Crippen molar-refractivity contribution in [3.63, 3.8) is 0 Å². The van der Waals surface area contributed by atoms with Crippen molar-refractivity contribution in [2.24, 2.45) is 0 Å². The molecule has 0 unspecified atom stereocenters. The fraction of sp³-hybridized carbons (Fsp3) is 0.483. The van der Waals surface area contributed by atoms with Gasteiger partial charge in [0.1, 0.15) is 0 Å². The summed E-state index contributed by atoms with van der Waals surface area (Å²) < 4.78 is 12.0. The van der Waals surface area contributed by atoms with Gasteiger partial charge >= 0.3 is 0 Å². The van der Waals surface area contributed by atoms with Crippen LogP contribution in [-0.4, -0.2) is 48.8 Å². The van der Waals surface area contributed by atoms with Gasteiger partial charge in [-0.2, -0.15) is 0 Å². The molecule has 1 aliphatic heterocycles. The van der Waals surface area contributed by atoms with E-state index in [2.05, 4.69) is 77.2 Å². The maximum atomic E-state index is 6.40. The lowest BCUT2D eigenvalue weighted by molar-refractivity contribution is 0.168. The second-order valence-corrected chi connectivity index (χ2v) is 11.1. The molecule has 0 N–H and O–H groups in total. The van der Waals surface area contributed by atoms with Gasteiger partial charge in [0.25, 0.3) is 0 Å². The monoisotopic (exact) mass is 491 g/mol. The van der Waals surface area contributed by atoms with Crippen LogP contribution in [0.25, 0.3) is 0 Å². The molecular formula is C29H37N3O2S. The van der Waals surface area contributed by atoms with E-state index in [1.54, 1.807) is 7.11 Å². The number of anilines is 1. The van der Waals surface area contributed by atoms with Crippen LogP contribution in [0.1, 0.15) is 46.8 Å². The molecule has 2 fully saturated rings. The number of hydrogen-bond donors (Lipinski definition) is 0. The molecule has 5 nitrogen and oxygen atoms in total. The van der Waals surface area contributed by atoms with Gasteiger partial charge in [0.2, 0.25) is 0 Å². The minimum atomic E-state index is 0.313. The molecule has 1 saturated heterocycles. The summed E-state index contributed by atoms with van der Waals surface area (Å²) in [7, 11) is 1.73. The highest BCUT2D eigenvalue weighted by Gasteiger charge is 2.29. The van der Waals surface area contributed by atoms with Crippen LogP contribution in [0.3, 0.4) is 0 Å². The molecule has 5 rings (SSSR count). The average Bonchev–Trinajstić information content (AvgIpc) is 3.49. The molecule has 1 aliphatic carbocycles. The minimum Gasteiger partial charge on any atom is -0.493 e. The van der Waals surface area contributed by atoms with E-state index in [0.717, 1.165) is 61.9 Å². The third-order valence-corrected chi connectivity index (χ3v) is 8.43. The summed E-state index contributed by atoms with van der Waals surface area (Å²) >= 11 is 1.84. The zero-order chi connectivity index (χ0) is 24.2. The Morgan fingerprint density at radius 2 is 1.80 bits per heavy atom. The van der Waals surface area contributed by atoms with Gasteiger partial charge in [-0.3, -0.25) is 4.90 Å². The van der Waals surface area contributed by atoms with Crippen LogP contribution in [-0.2, 0) is 13.0 Å². The largest absolute Gasteiger partial charge is 0.493 e. The molecule has 2 aromatic carbocycles. The molecular weight excluding hydrogens is 454 g/mol. The molecule has 2 aliphatic rings. The average molecular weight is 492 g/mol. The minimum absolute atomic E-state index is 0.313. The van der Waals surface area contributed by atoms with E-state index in [1.165, 1.54) is 34.7 Å². The summed E-state index contributed by atoms with van der Waals surface area (Å²) in [6, 6.07) is 17.8. The Morgan fingerprint density at radius 3 is 2.51 bits per heavy atom. The lowest BCUT2D eigenvalue weighted by Gasteiger charge is -2.42. The molecule has 3 aromatic rings. The number of aromatic nitrogens is 1. The molecule has 2 heterocycles. The van der Waals surface area contributed by atoms with Crippen molar-refractivity contribution < 1.29 is 9.47 Å². The van der Waals surface area contributed by atoms with Crippen molar-refractivity contribution >= 4 is 17.0 Å². The molecule has 0 amide bonds. The van der Waals surface area contributed by atoms with E-state index < -0.39 is 0 Å². The molecule has 35 heavy (non-hydrogen) atoms. The first-order chi connectivity index (χ1) is 17.1. The molecule has 1 atom stereocenters. The van der Waals surface area contributed by atoms with Gasteiger partial charge in [-0.05, 0) is 63.6 Å². The summed E-state index contributed by atoms with van der Waals surface area (Å²) in [5.41, 5.74) is 3.79. The number of aryl methyl sites for hydroxylation is 2. The van der Waals surface area contributed by atoms with Crippen LogP contribution in [0.5, 0.6) is 11.5 Å². The first kappa shape index (κ1) is 24.1. The van der Waals surface area contributed by atoms with Crippen LogP contribution in [0.4, 0.5) is 5.69 Å². The van der Waals surface area contributed by atoms with Crippen LogP contribution in [0, 0.1) is 13.8 Å². The van der Waals surface area contributed by atoms with Crippen LogP contribution >= 0.6 is 11.3 Å². The normalized spacial score (nSPS) is 19.3. The van der Waals surface area contributed by atoms with E-state index in [0.29, 0.717) is 12.1 Å². The number of benzene rings is 2. The maximum Gasteiger partial charge on any atom is 0.163 e. The number of rotatable bonds is 8. The van der Waals surface area contributed by atoms with Crippen molar-refractivity contribution in [2.45, 2.75) is 64.6 Å². The summed E-state index contributed by atoms with van der Waals surface area (Å²) in [6.07, 6.45) is 6.15. The van der Waals surface area contributed by atoms with Crippen molar-refractivity contribution in [3.05, 3.63) is 69.7 Å². The lowest BCUT2D eigenvalue weighted by atomic mass is 10.0. The van der Waals surface area contributed by atoms with E-state index in [-0.39, 0.29) is 0 Å². The quantitative estimate of drug-likeness (QED) is 0.385. The molecule has 0 spiro atoms. The van der Waals surface area contributed by atoms with Crippen molar-refractivity contribution in [1.29, 1.82) is 0 Å². The second kappa shape index (κ2) is 11.0. The van der Waals surface area contributed by atoms with Gasteiger partial charge in [0.15, 0.2) is 11.5 Å². The fourth-order valence-electron chi connectivity index (χ4n) is 5.46. The van der Waals surface area contributed by atoms with Crippen LogP contribution < -0.4 is 14.4 Å². The van der Waals surface area contributed by atoms with Crippen molar-refractivity contribution in [2.75, 3.05) is 31.6 Å². The maximum absolute atomic E-state index is 6.40. The number of piperazine rings is 1. The van der Waals surface area contributed by atoms with E-state index in [1.807, 2.05) is 11.3 Å². The highest BCUT2D eigenvalue weighted by Crippen LogP contribution is 2.36. The number of hydrogen-bond acceptors (Lipinski definition) is 6. The Hall–Kier alpha value is -2.57. The third-order valence-electron chi connectivity index (χ3n) is 7.37. The standard InChI is InChI=1S/C29H37N3O2S/c1-21-29(35-22(2)30-21)20-32-16-15-31(19-25(32)17-23-9-5-4-6-10-23)24-13-14-27(33-3)28(18-24)34-26-11-7-8-12-26/h4-6,9-10,13-14,18,25-26H,7-8,11-12,15-17,19-20H2,1-3H3/t25-/m0/s1. The summed E-state index contributed by atoms with van der Waals surface area (Å²) in [4.78, 5) is 11.2. The predicted molar refractivity (Wildman–Crippen MR) is 144 cm³/mol. The van der Waals surface area contributed by atoms with Gasteiger partial charge in [-0.15, -0.1) is 11.3 Å². The Labute approximate surface area is 213 Å². The first-order valence-corrected chi connectivity index (χ1v) is 13.7. The van der Waals surface area contributed by atoms with Gasteiger partial charge < -0.3 is 14.4 Å². The Balaban J connectivity index is 1.36. The molecule has 186 valence electrons. The number of nitrogens with zero attached hydrogens (tertiary/aromatic N) is 3. The molecule has 0 bridgehead atoms. The number of thiazole rings is 1. The first-order valence-electron chi connectivity index (χ1n) is 12.9. The Bertz CT molecular complexity index is 1110. The lowest BCUT2D eigenvalue weighted by Crippen LogP contribution is -2.53. The zero-order valence-corrected chi connectivity index (χ0v) is 22.0. The summed E-state index contributed by atoms with van der Waals surface area (Å²) in [6.45, 7) is 8.23. The number of ether oxygens (including phenoxy) is 2. The van der Waals surface area contributed by atoms with Gasteiger partial charge in [0, 0.05) is 48.9 Å². The zero-order valence-electron chi connectivity index (χ0n) is 21.2. The second-order valence-electron chi connectivity index (χ2n) is 9.86. The molecule has 1 saturated carbocycles. The molecule has 0 radical (unpaired) electrons. The highest BCUT2D eigenvalue weighted by atomic mass is 32.1. The summed E-state index contributed by atoms with van der Waals surface area (Å²) in [5, 5.41) is 1.16. The van der Waals surface area contributed by atoms with Gasteiger partial charge in [-0.25, -0.2) is 4.98 Å². The van der Waals surface area contributed by atoms with Crippen molar-refractivity contribution in [3.8, 4) is 11.5 Å². The van der Waals surface area contributed by atoms with Gasteiger partial charge in [0.05, 0.1) is 23.9 Å². The SMILES string of the molecule is COc1ccc(N2CCN(Cc3sc(C)nc3C)[C@@H](Cc3ccccc3)C2)cc1OC1CCCC1. The smallest absolute Gasteiger partial charge is 0.163 e. The molecule has 6 heteroatoms. The van der Waals surface area contributed by atoms with Crippen LogP contribution in [0.15, 0.2) is 48.5 Å². The fourth-order valence-corrected chi connectivity index (χ4v) is 6.42. The predicted octanol–water partition coefficient (Wildman–Crippen LogP) is 6.02. The van der Waals surface area contributed by atoms with Gasteiger partial charge in [-0.1, -0.05) is 30.3 Å². The number of methoxy groups -OCH3 is 1. The third kappa shape index (κ3) is 5.81. The van der Waals surface area contributed by atoms with E-state index in [4.69, 9.17) is 9.47 Å². The van der Waals surface area contributed by atoms with E-state index in [9.17, 15) is 0 Å². The van der Waals surface area contributed by atoms with E-state index >= 15 is 0 Å². The molecule has 1 aromatic heterocycles. The van der Waals surface area contributed by atoms with Crippen molar-refractivity contribution in [1.82, 2.24) is 9.88 Å². The topological polar surface area (TPSA) is 37.8 Å². The Kier molecular flexibility index (Phi) is 7.59. The summed E-state index contributed by atoms with van der Waals surface area (Å²) in [5.74, 6) is 1.71.